The predicted octanol–water partition coefficient (Wildman–Crippen LogP) is 2.29. The first-order valence-corrected chi connectivity index (χ1v) is 5.36. The highest BCUT2D eigenvalue weighted by Crippen LogP contribution is 2.03. The summed E-state index contributed by atoms with van der Waals surface area (Å²) in [6.07, 6.45) is 2.44. The van der Waals surface area contributed by atoms with Crippen molar-refractivity contribution in [1.29, 1.82) is 0 Å². The fraction of sp³-hybridized carbons (Fsp3) is 1.00. The van der Waals surface area contributed by atoms with E-state index in [4.69, 9.17) is 4.74 Å². The van der Waals surface area contributed by atoms with Gasteiger partial charge in [0.05, 0.1) is 0 Å². The Morgan fingerprint density at radius 2 is 1.85 bits per heavy atom. The third kappa shape index (κ3) is 9.84. The van der Waals surface area contributed by atoms with Crippen LogP contribution < -0.4 is 5.32 Å². The van der Waals surface area contributed by atoms with Crippen LogP contribution in [0.15, 0.2) is 0 Å². The molecule has 0 spiro atoms. The molecule has 1 atom stereocenters. The average molecular weight is 187 g/mol. The molecule has 0 aliphatic rings. The van der Waals surface area contributed by atoms with Gasteiger partial charge >= 0.3 is 0 Å². The van der Waals surface area contributed by atoms with Gasteiger partial charge in [-0.15, -0.1) is 0 Å². The van der Waals surface area contributed by atoms with Crippen LogP contribution in [0.1, 0.15) is 33.6 Å². The van der Waals surface area contributed by atoms with Crippen LogP contribution >= 0.6 is 0 Å². The van der Waals surface area contributed by atoms with Crippen molar-refractivity contribution in [2.75, 3.05) is 26.8 Å². The highest BCUT2D eigenvalue weighted by molar-refractivity contribution is 4.58. The first kappa shape index (κ1) is 12.9. The predicted molar refractivity (Wildman–Crippen MR) is 58.0 cm³/mol. The summed E-state index contributed by atoms with van der Waals surface area (Å²) in [4.78, 5) is 0. The zero-order valence-electron chi connectivity index (χ0n) is 9.60. The molecule has 0 saturated carbocycles. The van der Waals surface area contributed by atoms with Crippen molar-refractivity contribution in [3.8, 4) is 0 Å². The second-order valence-corrected chi connectivity index (χ2v) is 4.29. The van der Waals surface area contributed by atoms with Crippen LogP contribution in [0.3, 0.4) is 0 Å². The van der Waals surface area contributed by atoms with Gasteiger partial charge in [0.1, 0.15) is 0 Å². The van der Waals surface area contributed by atoms with Crippen LogP contribution in [-0.4, -0.2) is 26.8 Å². The van der Waals surface area contributed by atoms with E-state index in [1.165, 1.54) is 12.8 Å². The minimum atomic E-state index is 0.756. The summed E-state index contributed by atoms with van der Waals surface area (Å²) in [6, 6.07) is 0. The van der Waals surface area contributed by atoms with Gasteiger partial charge in [0.2, 0.25) is 0 Å². The molecule has 0 saturated heterocycles. The molecule has 0 aliphatic heterocycles. The van der Waals surface area contributed by atoms with E-state index in [2.05, 4.69) is 26.1 Å². The van der Waals surface area contributed by atoms with Crippen LogP contribution in [-0.2, 0) is 4.74 Å². The summed E-state index contributed by atoms with van der Waals surface area (Å²) in [5.41, 5.74) is 0. The number of methoxy groups -OCH3 is 1. The van der Waals surface area contributed by atoms with Gasteiger partial charge in [0.15, 0.2) is 0 Å². The molecule has 2 nitrogen and oxygen atoms in total. The summed E-state index contributed by atoms with van der Waals surface area (Å²) in [5, 5.41) is 3.47. The molecule has 0 fully saturated rings. The van der Waals surface area contributed by atoms with Gasteiger partial charge in [-0.1, -0.05) is 20.8 Å². The van der Waals surface area contributed by atoms with Crippen LogP contribution in [0.5, 0.6) is 0 Å². The first-order chi connectivity index (χ1) is 6.16. The summed E-state index contributed by atoms with van der Waals surface area (Å²) in [5.74, 6) is 1.53. The highest BCUT2D eigenvalue weighted by atomic mass is 16.5. The zero-order valence-corrected chi connectivity index (χ0v) is 9.60. The van der Waals surface area contributed by atoms with Gasteiger partial charge in [0, 0.05) is 13.7 Å². The lowest BCUT2D eigenvalue weighted by molar-refractivity contribution is 0.187. The lowest BCUT2D eigenvalue weighted by Crippen LogP contribution is -2.25. The Bertz CT molecular complexity index is 104. The van der Waals surface area contributed by atoms with Gasteiger partial charge in [0.25, 0.3) is 0 Å². The Morgan fingerprint density at radius 1 is 1.15 bits per heavy atom. The number of nitrogens with one attached hydrogen (secondary N) is 1. The monoisotopic (exact) mass is 187 g/mol. The van der Waals surface area contributed by atoms with Crippen LogP contribution in [0.4, 0.5) is 0 Å². The maximum Gasteiger partial charge on any atom is 0.0462 e. The number of ether oxygens (including phenoxy) is 1. The minimum absolute atomic E-state index is 0.756. The SMILES string of the molecule is COCCCC(C)CNCC(C)C. The largest absolute Gasteiger partial charge is 0.385 e. The molecule has 2 heteroatoms. The van der Waals surface area contributed by atoms with Crippen molar-refractivity contribution in [3.05, 3.63) is 0 Å². The maximum absolute atomic E-state index is 5.01. The van der Waals surface area contributed by atoms with E-state index in [0.29, 0.717) is 0 Å². The van der Waals surface area contributed by atoms with Crippen molar-refractivity contribution >= 4 is 0 Å². The van der Waals surface area contributed by atoms with E-state index in [9.17, 15) is 0 Å². The van der Waals surface area contributed by atoms with E-state index in [-0.39, 0.29) is 0 Å². The molecule has 0 aromatic rings. The van der Waals surface area contributed by atoms with E-state index in [1.54, 1.807) is 7.11 Å². The van der Waals surface area contributed by atoms with Gasteiger partial charge in [-0.05, 0) is 37.8 Å². The lowest BCUT2D eigenvalue weighted by atomic mass is 10.1. The third-order valence-electron chi connectivity index (χ3n) is 2.09. The molecule has 0 heterocycles. The van der Waals surface area contributed by atoms with Crippen LogP contribution in [0, 0.1) is 11.8 Å². The van der Waals surface area contributed by atoms with E-state index in [1.807, 2.05) is 0 Å². The zero-order chi connectivity index (χ0) is 10.1. The number of hydrogen-bond acceptors (Lipinski definition) is 2. The van der Waals surface area contributed by atoms with Crippen LogP contribution in [0.2, 0.25) is 0 Å². The second-order valence-electron chi connectivity index (χ2n) is 4.29. The molecule has 1 N–H and O–H groups in total. The molecular formula is C11H25NO. The molecule has 1 unspecified atom stereocenters. The molecule has 0 aromatic heterocycles. The Balaban J connectivity index is 3.15. The summed E-state index contributed by atoms with van der Waals surface area (Å²) in [6.45, 7) is 9.94. The standard InChI is InChI=1S/C11H25NO/c1-10(2)8-12-9-11(3)6-5-7-13-4/h10-12H,5-9H2,1-4H3. The molecule has 0 rings (SSSR count). The molecule has 0 aromatic carbocycles. The normalized spacial score (nSPS) is 13.6. The Kier molecular flexibility index (Phi) is 8.46. The average Bonchev–Trinajstić information content (AvgIpc) is 2.04. The molecule has 0 bridgehead atoms. The Hall–Kier alpha value is -0.0800. The Labute approximate surface area is 83.1 Å². The molecule has 80 valence electrons. The van der Waals surface area contributed by atoms with Crippen LogP contribution in [0.25, 0.3) is 0 Å². The minimum Gasteiger partial charge on any atom is -0.385 e. The van der Waals surface area contributed by atoms with Crippen molar-refractivity contribution in [2.45, 2.75) is 33.6 Å². The van der Waals surface area contributed by atoms with Gasteiger partial charge in [-0.25, -0.2) is 0 Å². The molecule has 13 heavy (non-hydrogen) atoms. The number of rotatable bonds is 8. The number of hydrogen-bond donors (Lipinski definition) is 1. The molecule has 0 amide bonds. The molecule has 0 aliphatic carbocycles. The van der Waals surface area contributed by atoms with Gasteiger partial charge in [-0.2, -0.15) is 0 Å². The van der Waals surface area contributed by atoms with Gasteiger partial charge < -0.3 is 10.1 Å². The van der Waals surface area contributed by atoms with Crippen molar-refractivity contribution < 1.29 is 4.74 Å². The second kappa shape index (κ2) is 8.52. The summed E-state index contributed by atoms with van der Waals surface area (Å²) < 4.78 is 5.01. The molecular weight excluding hydrogens is 162 g/mol. The third-order valence-corrected chi connectivity index (χ3v) is 2.09. The smallest absolute Gasteiger partial charge is 0.0462 e. The van der Waals surface area contributed by atoms with Crippen molar-refractivity contribution in [3.63, 3.8) is 0 Å². The van der Waals surface area contributed by atoms with Crippen molar-refractivity contribution in [1.82, 2.24) is 5.32 Å². The quantitative estimate of drug-likeness (QED) is 0.589. The summed E-state index contributed by atoms with van der Waals surface area (Å²) >= 11 is 0. The fourth-order valence-electron chi connectivity index (χ4n) is 1.30. The lowest BCUT2D eigenvalue weighted by Gasteiger charge is -2.13. The highest BCUT2D eigenvalue weighted by Gasteiger charge is 2.01. The summed E-state index contributed by atoms with van der Waals surface area (Å²) in [7, 11) is 1.77. The maximum atomic E-state index is 5.01. The first-order valence-electron chi connectivity index (χ1n) is 5.36. The van der Waals surface area contributed by atoms with Gasteiger partial charge in [-0.3, -0.25) is 0 Å². The topological polar surface area (TPSA) is 21.3 Å². The van der Waals surface area contributed by atoms with E-state index < -0.39 is 0 Å². The van der Waals surface area contributed by atoms with Crippen molar-refractivity contribution in [2.24, 2.45) is 11.8 Å². The Morgan fingerprint density at radius 3 is 2.38 bits per heavy atom. The van der Waals surface area contributed by atoms with E-state index in [0.717, 1.165) is 31.5 Å². The van der Waals surface area contributed by atoms with E-state index >= 15 is 0 Å². The molecule has 0 radical (unpaired) electrons. The fourth-order valence-corrected chi connectivity index (χ4v) is 1.30.